The van der Waals surface area contributed by atoms with Gasteiger partial charge in [0.15, 0.2) is 0 Å². The summed E-state index contributed by atoms with van der Waals surface area (Å²) in [5.74, 6) is 2.56. The number of aliphatic hydroxyl groups is 1. The Morgan fingerprint density at radius 3 is 2.51 bits per heavy atom. The third-order valence-electron chi connectivity index (χ3n) is 6.58. The van der Waals surface area contributed by atoms with Gasteiger partial charge in [0, 0.05) is 43.3 Å². The van der Waals surface area contributed by atoms with E-state index in [0.29, 0.717) is 36.0 Å². The fourth-order valence-electron chi connectivity index (χ4n) is 4.51. The molecule has 0 bridgehead atoms. The molecule has 0 aliphatic carbocycles. The molecule has 3 heterocycles. The van der Waals surface area contributed by atoms with Gasteiger partial charge in [-0.1, -0.05) is 13.8 Å². The first-order chi connectivity index (χ1) is 16.7. The Morgan fingerprint density at radius 2 is 1.91 bits per heavy atom. The maximum atomic E-state index is 10.8. The normalized spacial score (nSPS) is 15.0. The van der Waals surface area contributed by atoms with E-state index < -0.39 is 5.60 Å². The summed E-state index contributed by atoms with van der Waals surface area (Å²) in [6.45, 7) is 14.2. The van der Waals surface area contributed by atoms with Crippen LogP contribution >= 0.6 is 0 Å². The van der Waals surface area contributed by atoms with Crippen molar-refractivity contribution in [2.75, 3.05) is 29.9 Å². The van der Waals surface area contributed by atoms with Crippen molar-refractivity contribution in [3.63, 3.8) is 0 Å². The standard InChI is InChI=1S/C27H38N6O2/c1-7-35-23-14-19(4)22(15-21(23)18(2)3)29-25-16-24(27(5,6)34)30-26(31-25)32-11-8-20(9-12-32)33-13-10-28-17-33/h10,13-18,20,34H,7-9,11-12H2,1-6H3,(H,29,30,31). The maximum Gasteiger partial charge on any atom is 0.227 e. The molecule has 1 aliphatic heterocycles. The summed E-state index contributed by atoms with van der Waals surface area (Å²) in [5, 5.41) is 14.3. The van der Waals surface area contributed by atoms with Gasteiger partial charge in [0.25, 0.3) is 0 Å². The van der Waals surface area contributed by atoms with Gasteiger partial charge in [-0.25, -0.2) is 9.97 Å². The van der Waals surface area contributed by atoms with E-state index in [1.54, 1.807) is 13.8 Å². The van der Waals surface area contributed by atoms with Crippen molar-refractivity contribution >= 4 is 17.5 Å². The SMILES string of the molecule is CCOc1cc(C)c(Nc2cc(C(C)(C)O)nc(N3CCC(n4ccnc4)CC3)n2)cc1C(C)C. The quantitative estimate of drug-likeness (QED) is 0.453. The molecule has 0 atom stereocenters. The molecule has 1 aromatic carbocycles. The lowest BCUT2D eigenvalue weighted by molar-refractivity contribution is 0.0738. The van der Waals surface area contributed by atoms with E-state index >= 15 is 0 Å². The van der Waals surface area contributed by atoms with Crippen LogP contribution in [0.1, 0.15) is 76.2 Å². The second-order valence-electron chi connectivity index (χ2n) is 10.1. The molecule has 0 amide bonds. The van der Waals surface area contributed by atoms with Crippen LogP contribution in [-0.4, -0.2) is 44.3 Å². The van der Waals surface area contributed by atoms with Crippen LogP contribution in [0.15, 0.2) is 36.9 Å². The van der Waals surface area contributed by atoms with Crippen LogP contribution in [-0.2, 0) is 5.60 Å². The highest BCUT2D eigenvalue weighted by Gasteiger charge is 2.26. The molecule has 2 N–H and O–H groups in total. The van der Waals surface area contributed by atoms with Gasteiger partial charge in [-0.3, -0.25) is 0 Å². The van der Waals surface area contributed by atoms with E-state index in [-0.39, 0.29) is 0 Å². The molecule has 4 rings (SSSR count). The number of aromatic nitrogens is 4. The van der Waals surface area contributed by atoms with Gasteiger partial charge < -0.3 is 24.6 Å². The molecular weight excluding hydrogens is 440 g/mol. The van der Waals surface area contributed by atoms with Crippen LogP contribution in [0.3, 0.4) is 0 Å². The van der Waals surface area contributed by atoms with E-state index in [0.717, 1.165) is 48.5 Å². The number of aryl methyl sites for hydroxylation is 1. The van der Waals surface area contributed by atoms with Crippen LogP contribution in [0.25, 0.3) is 0 Å². The second kappa shape index (κ2) is 10.2. The minimum absolute atomic E-state index is 0.322. The Kier molecular flexibility index (Phi) is 7.31. The van der Waals surface area contributed by atoms with Crippen molar-refractivity contribution in [3.8, 4) is 5.75 Å². The number of ether oxygens (including phenoxy) is 1. The molecule has 1 fully saturated rings. The molecule has 2 aromatic heterocycles. The molecule has 3 aromatic rings. The van der Waals surface area contributed by atoms with E-state index in [1.165, 1.54) is 0 Å². The Morgan fingerprint density at radius 1 is 1.17 bits per heavy atom. The third kappa shape index (κ3) is 5.75. The van der Waals surface area contributed by atoms with Gasteiger partial charge in [0.1, 0.15) is 17.2 Å². The predicted molar refractivity (Wildman–Crippen MR) is 140 cm³/mol. The van der Waals surface area contributed by atoms with Crippen LogP contribution < -0.4 is 15.0 Å². The Balaban J connectivity index is 1.62. The number of hydrogen-bond donors (Lipinski definition) is 2. The number of piperidine rings is 1. The first kappa shape index (κ1) is 25.0. The number of benzene rings is 1. The molecule has 8 nitrogen and oxygen atoms in total. The fourth-order valence-corrected chi connectivity index (χ4v) is 4.51. The molecule has 35 heavy (non-hydrogen) atoms. The maximum absolute atomic E-state index is 10.8. The van der Waals surface area contributed by atoms with Crippen molar-refractivity contribution < 1.29 is 9.84 Å². The number of nitrogens with one attached hydrogen (secondary N) is 1. The minimum atomic E-state index is -1.08. The molecule has 8 heteroatoms. The highest BCUT2D eigenvalue weighted by Crippen LogP contribution is 2.34. The number of nitrogens with zero attached hydrogens (tertiary/aromatic N) is 5. The van der Waals surface area contributed by atoms with E-state index in [2.05, 4.69) is 52.7 Å². The first-order valence-electron chi connectivity index (χ1n) is 12.5. The lowest BCUT2D eigenvalue weighted by Gasteiger charge is -2.33. The number of rotatable bonds is 8. The van der Waals surface area contributed by atoms with Gasteiger partial charge in [0.2, 0.25) is 5.95 Å². The summed E-state index contributed by atoms with van der Waals surface area (Å²) in [5.41, 5.74) is 2.71. The van der Waals surface area contributed by atoms with Gasteiger partial charge in [-0.05, 0) is 69.7 Å². The van der Waals surface area contributed by atoms with Gasteiger partial charge in [-0.2, -0.15) is 4.98 Å². The number of imidazole rings is 1. The minimum Gasteiger partial charge on any atom is -0.494 e. The highest BCUT2D eigenvalue weighted by molar-refractivity contribution is 5.65. The average Bonchev–Trinajstić information content (AvgIpc) is 3.35. The summed E-state index contributed by atoms with van der Waals surface area (Å²) in [6.07, 6.45) is 7.72. The Hall–Kier alpha value is -3.13. The highest BCUT2D eigenvalue weighted by atomic mass is 16.5. The fraction of sp³-hybridized carbons (Fsp3) is 0.519. The molecule has 0 saturated carbocycles. The van der Waals surface area contributed by atoms with Gasteiger partial charge in [-0.15, -0.1) is 0 Å². The van der Waals surface area contributed by atoms with Gasteiger partial charge >= 0.3 is 0 Å². The summed E-state index contributed by atoms with van der Waals surface area (Å²) < 4.78 is 8.06. The molecule has 188 valence electrons. The van der Waals surface area contributed by atoms with Crippen LogP contribution in [0, 0.1) is 6.92 Å². The van der Waals surface area contributed by atoms with E-state index in [9.17, 15) is 5.11 Å². The zero-order valence-corrected chi connectivity index (χ0v) is 21.7. The van der Waals surface area contributed by atoms with E-state index in [1.807, 2.05) is 31.7 Å². The average molecular weight is 479 g/mol. The van der Waals surface area contributed by atoms with Crippen molar-refractivity contribution in [2.45, 2.75) is 71.9 Å². The Labute approximate surface area is 208 Å². The molecular formula is C27H38N6O2. The molecule has 0 radical (unpaired) electrons. The Bertz CT molecular complexity index is 1130. The van der Waals surface area contributed by atoms with Crippen LogP contribution in [0.5, 0.6) is 5.75 Å². The van der Waals surface area contributed by atoms with Crippen LogP contribution in [0.4, 0.5) is 17.5 Å². The first-order valence-corrected chi connectivity index (χ1v) is 12.5. The zero-order chi connectivity index (χ0) is 25.2. The zero-order valence-electron chi connectivity index (χ0n) is 21.7. The predicted octanol–water partition coefficient (Wildman–Crippen LogP) is 5.32. The largest absolute Gasteiger partial charge is 0.494 e. The number of hydrogen-bond acceptors (Lipinski definition) is 7. The van der Waals surface area contributed by atoms with Crippen molar-refractivity contribution in [1.82, 2.24) is 19.5 Å². The molecule has 1 aliphatic rings. The summed E-state index contributed by atoms with van der Waals surface area (Å²) >= 11 is 0. The monoisotopic (exact) mass is 478 g/mol. The number of anilines is 3. The topological polar surface area (TPSA) is 88.3 Å². The summed E-state index contributed by atoms with van der Waals surface area (Å²) in [7, 11) is 0. The lowest BCUT2D eigenvalue weighted by Crippen LogP contribution is -2.36. The third-order valence-corrected chi connectivity index (χ3v) is 6.58. The summed E-state index contributed by atoms with van der Waals surface area (Å²) in [6, 6.07) is 6.51. The second-order valence-corrected chi connectivity index (χ2v) is 10.1. The molecule has 0 unspecified atom stereocenters. The molecule has 1 saturated heterocycles. The van der Waals surface area contributed by atoms with Crippen molar-refractivity contribution in [1.29, 1.82) is 0 Å². The van der Waals surface area contributed by atoms with Crippen LogP contribution in [0.2, 0.25) is 0 Å². The van der Waals surface area contributed by atoms with Crippen molar-refractivity contribution in [3.05, 3.63) is 53.7 Å². The lowest BCUT2D eigenvalue weighted by atomic mass is 9.99. The smallest absolute Gasteiger partial charge is 0.227 e. The molecule has 0 spiro atoms. The van der Waals surface area contributed by atoms with Crippen molar-refractivity contribution in [2.24, 2.45) is 0 Å². The van der Waals surface area contributed by atoms with E-state index in [4.69, 9.17) is 14.7 Å². The van der Waals surface area contributed by atoms with Gasteiger partial charge in [0.05, 0.1) is 18.6 Å². The summed E-state index contributed by atoms with van der Waals surface area (Å²) in [4.78, 5) is 16.0.